The van der Waals surface area contributed by atoms with Crippen molar-refractivity contribution in [2.75, 3.05) is 0 Å². The van der Waals surface area contributed by atoms with E-state index in [0.29, 0.717) is 5.41 Å². The van der Waals surface area contributed by atoms with Crippen molar-refractivity contribution in [3.63, 3.8) is 0 Å². The van der Waals surface area contributed by atoms with E-state index in [4.69, 9.17) is 0 Å². The second-order valence-electron chi connectivity index (χ2n) is 8.05. The molecule has 0 aromatic carbocycles. The molecule has 0 nitrogen and oxygen atoms in total. The summed E-state index contributed by atoms with van der Waals surface area (Å²) in [6.07, 6.45) is 16.9. The SMILES string of the molecule is CC(C)(C1CCCCC1)C1CCCC2CCCC21. The highest BCUT2D eigenvalue weighted by molar-refractivity contribution is 4.96. The van der Waals surface area contributed by atoms with Gasteiger partial charge in [0.15, 0.2) is 0 Å². The van der Waals surface area contributed by atoms with Gasteiger partial charge in [-0.3, -0.25) is 0 Å². The molecule has 18 heavy (non-hydrogen) atoms. The molecular weight excluding hydrogens is 216 g/mol. The zero-order valence-electron chi connectivity index (χ0n) is 12.6. The number of rotatable bonds is 2. The molecule has 0 amide bonds. The first kappa shape index (κ1) is 13.0. The molecule has 104 valence electrons. The van der Waals surface area contributed by atoms with E-state index in [1.807, 2.05) is 0 Å². The summed E-state index contributed by atoms with van der Waals surface area (Å²) in [6.45, 7) is 5.27. The van der Waals surface area contributed by atoms with E-state index in [1.54, 1.807) is 25.7 Å². The van der Waals surface area contributed by atoms with Crippen molar-refractivity contribution in [1.29, 1.82) is 0 Å². The summed E-state index contributed by atoms with van der Waals surface area (Å²) in [6, 6.07) is 0. The Kier molecular flexibility index (Phi) is 3.74. The molecule has 0 saturated heterocycles. The molecule has 0 aliphatic heterocycles. The molecule has 3 aliphatic carbocycles. The number of fused-ring (bicyclic) bond motifs is 1. The molecule has 0 heteroatoms. The highest BCUT2D eigenvalue weighted by atomic mass is 14.5. The van der Waals surface area contributed by atoms with Crippen molar-refractivity contribution < 1.29 is 0 Å². The lowest BCUT2D eigenvalue weighted by Crippen LogP contribution is -2.41. The van der Waals surface area contributed by atoms with Gasteiger partial charge in [0.05, 0.1) is 0 Å². The Morgan fingerprint density at radius 1 is 0.667 bits per heavy atom. The van der Waals surface area contributed by atoms with E-state index in [-0.39, 0.29) is 0 Å². The van der Waals surface area contributed by atoms with Crippen LogP contribution in [0.15, 0.2) is 0 Å². The van der Waals surface area contributed by atoms with Crippen molar-refractivity contribution in [2.24, 2.45) is 29.1 Å². The van der Waals surface area contributed by atoms with Crippen molar-refractivity contribution in [1.82, 2.24) is 0 Å². The van der Waals surface area contributed by atoms with E-state index < -0.39 is 0 Å². The van der Waals surface area contributed by atoms with E-state index in [0.717, 1.165) is 23.7 Å². The van der Waals surface area contributed by atoms with Gasteiger partial charge in [0.1, 0.15) is 0 Å². The van der Waals surface area contributed by atoms with Crippen molar-refractivity contribution >= 4 is 0 Å². The molecule has 0 aromatic rings. The van der Waals surface area contributed by atoms with Crippen LogP contribution in [-0.2, 0) is 0 Å². The van der Waals surface area contributed by atoms with Gasteiger partial charge in [-0.1, -0.05) is 58.8 Å². The van der Waals surface area contributed by atoms with Gasteiger partial charge in [-0.05, 0) is 54.8 Å². The van der Waals surface area contributed by atoms with Gasteiger partial charge in [-0.2, -0.15) is 0 Å². The van der Waals surface area contributed by atoms with Crippen molar-refractivity contribution in [2.45, 2.75) is 84.5 Å². The molecular formula is C18H32. The lowest BCUT2D eigenvalue weighted by atomic mass is 9.56. The second-order valence-corrected chi connectivity index (χ2v) is 8.05. The van der Waals surface area contributed by atoms with Crippen LogP contribution in [0.2, 0.25) is 0 Å². The van der Waals surface area contributed by atoms with Gasteiger partial charge in [-0.15, -0.1) is 0 Å². The summed E-state index contributed by atoms with van der Waals surface area (Å²) < 4.78 is 0. The van der Waals surface area contributed by atoms with Crippen molar-refractivity contribution in [3.8, 4) is 0 Å². The van der Waals surface area contributed by atoms with Crippen LogP contribution >= 0.6 is 0 Å². The van der Waals surface area contributed by atoms with E-state index in [1.165, 1.54) is 44.9 Å². The highest BCUT2D eigenvalue weighted by Gasteiger charge is 2.46. The van der Waals surface area contributed by atoms with Crippen LogP contribution in [0, 0.1) is 29.1 Å². The van der Waals surface area contributed by atoms with Crippen LogP contribution in [0.3, 0.4) is 0 Å². The van der Waals surface area contributed by atoms with Crippen molar-refractivity contribution in [3.05, 3.63) is 0 Å². The Labute approximate surface area is 114 Å². The summed E-state index contributed by atoms with van der Waals surface area (Å²) in [7, 11) is 0. The lowest BCUT2D eigenvalue weighted by molar-refractivity contribution is 0.00575. The molecule has 3 rings (SSSR count). The fourth-order valence-electron chi connectivity index (χ4n) is 5.84. The molecule has 0 bridgehead atoms. The second kappa shape index (κ2) is 5.17. The fourth-order valence-corrected chi connectivity index (χ4v) is 5.84. The third-order valence-electron chi connectivity index (χ3n) is 6.94. The Hall–Kier alpha value is 0. The number of hydrogen-bond donors (Lipinski definition) is 0. The van der Waals surface area contributed by atoms with Crippen LogP contribution in [0.4, 0.5) is 0 Å². The molecule has 3 aliphatic rings. The largest absolute Gasteiger partial charge is 0.0594 e. The van der Waals surface area contributed by atoms with Gasteiger partial charge in [-0.25, -0.2) is 0 Å². The average molecular weight is 248 g/mol. The molecule has 0 spiro atoms. The van der Waals surface area contributed by atoms with Gasteiger partial charge in [0.25, 0.3) is 0 Å². The summed E-state index contributed by atoms with van der Waals surface area (Å²) in [5, 5.41) is 0. The van der Waals surface area contributed by atoms with Crippen LogP contribution in [0.25, 0.3) is 0 Å². The maximum absolute atomic E-state index is 2.63. The summed E-state index contributed by atoms with van der Waals surface area (Å²) in [5.41, 5.74) is 0.633. The minimum atomic E-state index is 0.633. The van der Waals surface area contributed by atoms with Crippen LogP contribution in [0.5, 0.6) is 0 Å². The lowest BCUT2D eigenvalue weighted by Gasteiger charge is -2.49. The zero-order chi connectivity index (χ0) is 12.6. The van der Waals surface area contributed by atoms with Gasteiger partial charge in [0, 0.05) is 0 Å². The molecule has 3 fully saturated rings. The quantitative estimate of drug-likeness (QED) is 0.578. The minimum absolute atomic E-state index is 0.633. The van der Waals surface area contributed by atoms with Gasteiger partial charge >= 0.3 is 0 Å². The third-order valence-corrected chi connectivity index (χ3v) is 6.94. The first-order valence-corrected chi connectivity index (χ1v) is 8.69. The summed E-state index contributed by atoms with van der Waals surface area (Å²) in [5.74, 6) is 4.32. The topological polar surface area (TPSA) is 0 Å². The minimum Gasteiger partial charge on any atom is -0.0594 e. The average Bonchev–Trinajstić information content (AvgIpc) is 2.87. The monoisotopic (exact) mass is 248 g/mol. The van der Waals surface area contributed by atoms with Crippen LogP contribution in [-0.4, -0.2) is 0 Å². The first-order valence-electron chi connectivity index (χ1n) is 8.69. The third kappa shape index (κ3) is 2.25. The Bertz CT molecular complexity index is 272. The summed E-state index contributed by atoms with van der Waals surface area (Å²) >= 11 is 0. The van der Waals surface area contributed by atoms with Crippen LogP contribution < -0.4 is 0 Å². The molecule has 0 heterocycles. The van der Waals surface area contributed by atoms with E-state index in [9.17, 15) is 0 Å². The molecule has 0 aromatic heterocycles. The Morgan fingerprint density at radius 2 is 1.33 bits per heavy atom. The molecule has 3 saturated carbocycles. The standard InChI is InChI=1S/C18H32/c1-18(2,15-10-4-3-5-11-15)17-13-7-9-14-8-6-12-16(14)17/h14-17H,3-13H2,1-2H3. The number of hydrogen-bond acceptors (Lipinski definition) is 0. The predicted octanol–water partition coefficient (Wildman–Crippen LogP) is 5.81. The van der Waals surface area contributed by atoms with E-state index >= 15 is 0 Å². The summed E-state index contributed by atoms with van der Waals surface area (Å²) in [4.78, 5) is 0. The zero-order valence-corrected chi connectivity index (χ0v) is 12.6. The normalized spacial score (nSPS) is 38.7. The molecule has 0 N–H and O–H groups in total. The maximum atomic E-state index is 2.63. The smallest absolute Gasteiger partial charge is 0.0295 e. The Balaban J connectivity index is 1.74. The molecule has 3 unspecified atom stereocenters. The maximum Gasteiger partial charge on any atom is -0.0295 e. The molecule has 0 radical (unpaired) electrons. The fraction of sp³-hybridized carbons (Fsp3) is 1.00. The van der Waals surface area contributed by atoms with Crippen LogP contribution in [0.1, 0.15) is 84.5 Å². The van der Waals surface area contributed by atoms with Gasteiger partial charge < -0.3 is 0 Å². The Morgan fingerprint density at radius 3 is 2.06 bits per heavy atom. The van der Waals surface area contributed by atoms with Gasteiger partial charge in [0.2, 0.25) is 0 Å². The van der Waals surface area contributed by atoms with E-state index in [2.05, 4.69) is 13.8 Å². The first-order chi connectivity index (χ1) is 8.69. The predicted molar refractivity (Wildman–Crippen MR) is 78.5 cm³/mol. The highest BCUT2D eigenvalue weighted by Crippen LogP contribution is 2.55. The molecule has 3 atom stereocenters.